The number of carbonyl (C=O) groups excluding carboxylic acids is 1. The van der Waals surface area contributed by atoms with Gasteiger partial charge in [-0.15, -0.1) is 0 Å². The van der Waals surface area contributed by atoms with Gasteiger partial charge in [0.15, 0.2) is 0 Å². The largest absolute Gasteiger partial charge is 0.416 e. The van der Waals surface area contributed by atoms with Crippen molar-refractivity contribution in [2.75, 3.05) is 20.1 Å². The molecule has 27 heavy (non-hydrogen) atoms. The maximum Gasteiger partial charge on any atom is 0.416 e. The van der Waals surface area contributed by atoms with Crippen molar-refractivity contribution in [2.45, 2.75) is 38.5 Å². The van der Waals surface area contributed by atoms with Gasteiger partial charge < -0.3 is 9.47 Å². The first-order chi connectivity index (χ1) is 12.7. The summed E-state index contributed by atoms with van der Waals surface area (Å²) in [6.07, 6.45) is 1.42. The van der Waals surface area contributed by atoms with Gasteiger partial charge in [0, 0.05) is 57.7 Å². The minimum absolute atomic E-state index is 0.0991. The molecular formula is C20H24F3N3O. The third-order valence-corrected chi connectivity index (χ3v) is 5.25. The van der Waals surface area contributed by atoms with Crippen molar-refractivity contribution >= 4 is 5.91 Å². The van der Waals surface area contributed by atoms with Crippen LogP contribution in [0, 0.1) is 0 Å². The lowest BCUT2D eigenvalue weighted by atomic mass is 10.0. The SMILES string of the molecule is CC(=O)N(C)C1CCN(Cc2ccn(-c3ccc(C(F)(F)F)cc3)c2)CC1. The van der Waals surface area contributed by atoms with E-state index in [1.165, 1.54) is 12.1 Å². The summed E-state index contributed by atoms with van der Waals surface area (Å²) in [5.74, 6) is 0.0991. The number of hydrogen-bond acceptors (Lipinski definition) is 2. The molecule has 2 heterocycles. The second-order valence-corrected chi connectivity index (χ2v) is 7.11. The summed E-state index contributed by atoms with van der Waals surface area (Å²) < 4.78 is 39.9. The van der Waals surface area contributed by atoms with E-state index in [0.717, 1.165) is 50.2 Å². The predicted molar refractivity (Wildman–Crippen MR) is 97.5 cm³/mol. The Kier molecular flexibility index (Phi) is 5.60. The molecule has 2 aromatic rings. The molecule has 0 radical (unpaired) electrons. The minimum Gasteiger partial charge on any atom is -0.343 e. The quantitative estimate of drug-likeness (QED) is 0.805. The number of benzene rings is 1. The molecule has 146 valence electrons. The zero-order valence-electron chi connectivity index (χ0n) is 15.5. The van der Waals surface area contributed by atoms with E-state index in [0.29, 0.717) is 11.7 Å². The van der Waals surface area contributed by atoms with Crippen LogP contribution in [-0.2, 0) is 17.5 Å². The monoisotopic (exact) mass is 379 g/mol. The van der Waals surface area contributed by atoms with E-state index in [1.807, 2.05) is 35.0 Å². The minimum atomic E-state index is -4.32. The van der Waals surface area contributed by atoms with E-state index >= 15 is 0 Å². The van der Waals surface area contributed by atoms with Gasteiger partial charge in [-0.3, -0.25) is 9.69 Å². The Bertz CT molecular complexity index is 775. The van der Waals surface area contributed by atoms with Gasteiger partial charge in [0.1, 0.15) is 0 Å². The Hall–Kier alpha value is -2.28. The standard InChI is InChI=1S/C20H24F3N3O/c1-15(27)24(2)18-8-10-25(11-9-18)13-16-7-12-26(14-16)19-5-3-17(4-6-19)20(21,22)23/h3-7,12,14,18H,8-11,13H2,1-2H3. The highest BCUT2D eigenvalue weighted by Crippen LogP contribution is 2.29. The summed E-state index contributed by atoms with van der Waals surface area (Å²) in [6, 6.07) is 7.46. The first-order valence-electron chi connectivity index (χ1n) is 9.04. The lowest BCUT2D eigenvalue weighted by molar-refractivity contribution is -0.137. The van der Waals surface area contributed by atoms with Gasteiger partial charge in [0.05, 0.1) is 5.56 Å². The fraction of sp³-hybridized carbons (Fsp3) is 0.450. The van der Waals surface area contributed by atoms with E-state index in [-0.39, 0.29) is 5.91 Å². The van der Waals surface area contributed by atoms with Gasteiger partial charge in [0.2, 0.25) is 5.91 Å². The summed E-state index contributed by atoms with van der Waals surface area (Å²) in [6.45, 7) is 4.24. The molecule has 1 aromatic carbocycles. The van der Waals surface area contributed by atoms with Gasteiger partial charge in [-0.05, 0) is 48.7 Å². The molecule has 1 aliphatic heterocycles. The van der Waals surface area contributed by atoms with Crippen LogP contribution in [0.15, 0.2) is 42.7 Å². The van der Waals surface area contributed by atoms with E-state index in [2.05, 4.69) is 4.90 Å². The Morgan fingerprint density at radius 1 is 1.15 bits per heavy atom. The molecule has 1 aromatic heterocycles. The van der Waals surface area contributed by atoms with Crippen LogP contribution in [0.25, 0.3) is 5.69 Å². The molecule has 1 fully saturated rings. The van der Waals surface area contributed by atoms with E-state index in [4.69, 9.17) is 0 Å². The number of carbonyl (C=O) groups is 1. The molecule has 3 rings (SSSR count). The van der Waals surface area contributed by atoms with Crippen LogP contribution in [0.1, 0.15) is 30.9 Å². The zero-order valence-corrected chi connectivity index (χ0v) is 15.5. The first kappa shape index (κ1) is 19.5. The number of nitrogens with zero attached hydrogens (tertiary/aromatic N) is 3. The summed E-state index contributed by atoms with van der Waals surface area (Å²) in [4.78, 5) is 15.6. The molecule has 0 bridgehead atoms. The van der Waals surface area contributed by atoms with Crippen molar-refractivity contribution in [2.24, 2.45) is 0 Å². The van der Waals surface area contributed by atoms with E-state index < -0.39 is 11.7 Å². The van der Waals surface area contributed by atoms with Crippen molar-refractivity contribution < 1.29 is 18.0 Å². The van der Waals surface area contributed by atoms with Gasteiger partial charge in [-0.2, -0.15) is 13.2 Å². The first-order valence-corrected chi connectivity index (χ1v) is 9.04. The van der Waals surface area contributed by atoms with Crippen LogP contribution in [-0.4, -0.2) is 46.5 Å². The lowest BCUT2D eigenvalue weighted by Crippen LogP contribution is -2.44. The third-order valence-electron chi connectivity index (χ3n) is 5.25. The second-order valence-electron chi connectivity index (χ2n) is 7.11. The van der Waals surface area contributed by atoms with Crippen molar-refractivity contribution in [1.82, 2.24) is 14.4 Å². The van der Waals surface area contributed by atoms with Gasteiger partial charge in [-0.25, -0.2) is 0 Å². The number of rotatable bonds is 4. The second kappa shape index (κ2) is 7.76. The highest BCUT2D eigenvalue weighted by molar-refractivity contribution is 5.73. The molecule has 0 N–H and O–H groups in total. The third kappa shape index (κ3) is 4.71. The van der Waals surface area contributed by atoms with Crippen LogP contribution in [0.2, 0.25) is 0 Å². The van der Waals surface area contributed by atoms with Crippen molar-refractivity contribution in [1.29, 1.82) is 0 Å². The lowest BCUT2D eigenvalue weighted by Gasteiger charge is -2.36. The fourth-order valence-electron chi connectivity index (χ4n) is 3.50. The molecule has 0 aliphatic carbocycles. The average molecular weight is 379 g/mol. The Labute approximate surface area is 157 Å². The van der Waals surface area contributed by atoms with Crippen molar-refractivity contribution in [3.05, 3.63) is 53.9 Å². The van der Waals surface area contributed by atoms with E-state index in [9.17, 15) is 18.0 Å². The summed E-state index contributed by atoms with van der Waals surface area (Å²) in [7, 11) is 1.85. The Morgan fingerprint density at radius 3 is 2.33 bits per heavy atom. The molecule has 0 unspecified atom stereocenters. The fourth-order valence-corrected chi connectivity index (χ4v) is 3.50. The molecule has 7 heteroatoms. The highest BCUT2D eigenvalue weighted by atomic mass is 19.4. The number of hydrogen-bond donors (Lipinski definition) is 0. The number of piperidine rings is 1. The summed E-state index contributed by atoms with van der Waals surface area (Å²) in [5.41, 5.74) is 1.18. The average Bonchev–Trinajstić information content (AvgIpc) is 3.09. The molecular weight excluding hydrogens is 355 g/mol. The maximum absolute atomic E-state index is 12.7. The van der Waals surface area contributed by atoms with Crippen LogP contribution in [0.3, 0.4) is 0 Å². The molecule has 1 amide bonds. The van der Waals surface area contributed by atoms with E-state index in [1.54, 1.807) is 6.92 Å². The van der Waals surface area contributed by atoms with Crippen molar-refractivity contribution in [3.8, 4) is 5.69 Å². The molecule has 4 nitrogen and oxygen atoms in total. The normalized spacial score (nSPS) is 16.5. The van der Waals surface area contributed by atoms with Crippen LogP contribution in [0.4, 0.5) is 13.2 Å². The number of aromatic nitrogens is 1. The van der Waals surface area contributed by atoms with Gasteiger partial charge in [0.25, 0.3) is 0 Å². The number of halogens is 3. The zero-order chi connectivity index (χ0) is 19.6. The Balaban J connectivity index is 1.58. The number of amides is 1. The highest BCUT2D eigenvalue weighted by Gasteiger charge is 2.30. The molecule has 0 spiro atoms. The van der Waals surface area contributed by atoms with Crippen LogP contribution in [0.5, 0.6) is 0 Å². The molecule has 1 aliphatic rings. The topological polar surface area (TPSA) is 28.5 Å². The van der Waals surface area contributed by atoms with Crippen LogP contribution < -0.4 is 0 Å². The van der Waals surface area contributed by atoms with Crippen molar-refractivity contribution in [3.63, 3.8) is 0 Å². The number of likely N-dealkylation sites (tertiary alicyclic amines) is 1. The summed E-state index contributed by atoms with van der Waals surface area (Å²) >= 11 is 0. The molecule has 0 atom stereocenters. The molecule has 1 saturated heterocycles. The van der Waals surface area contributed by atoms with Crippen LogP contribution >= 0.6 is 0 Å². The summed E-state index contributed by atoms with van der Waals surface area (Å²) in [5, 5.41) is 0. The maximum atomic E-state index is 12.7. The smallest absolute Gasteiger partial charge is 0.343 e. The predicted octanol–water partition coefficient (Wildman–Crippen LogP) is 3.94. The Morgan fingerprint density at radius 2 is 1.78 bits per heavy atom. The molecule has 0 saturated carbocycles. The number of alkyl halides is 3. The van der Waals surface area contributed by atoms with Gasteiger partial charge >= 0.3 is 6.18 Å². The van der Waals surface area contributed by atoms with Gasteiger partial charge in [-0.1, -0.05) is 0 Å².